The molecule has 0 unspecified atom stereocenters. The van der Waals surface area contributed by atoms with Gasteiger partial charge in [0, 0.05) is 16.3 Å². The van der Waals surface area contributed by atoms with Crippen molar-refractivity contribution in [3.63, 3.8) is 0 Å². The first-order chi connectivity index (χ1) is 26.6. The van der Waals surface area contributed by atoms with E-state index in [0.29, 0.717) is 22.5 Å². The van der Waals surface area contributed by atoms with Gasteiger partial charge < -0.3 is 4.57 Å². The summed E-state index contributed by atoms with van der Waals surface area (Å²) in [6, 6.07) is 65.7. The summed E-state index contributed by atoms with van der Waals surface area (Å²) < 4.78 is 2.18. The average Bonchev–Trinajstić information content (AvgIpc) is 3.72. The van der Waals surface area contributed by atoms with E-state index >= 15 is 0 Å². The van der Waals surface area contributed by atoms with E-state index in [2.05, 4.69) is 102 Å². The second-order valence-corrected chi connectivity index (χ2v) is 13.6. The van der Waals surface area contributed by atoms with E-state index in [1.54, 1.807) is 6.07 Å². The Morgan fingerprint density at radius 2 is 0.852 bits per heavy atom. The number of anilines is 1. The number of hydrogen-bond acceptors (Lipinski definition) is 2. The summed E-state index contributed by atoms with van der Waals surface area (Å²) in [7, 11) is 0. The van der Waals surface area contributed by atoms with Crippen molar-refractivity contribution >= 4 is 39.3 Å². The molecule has 0 fully saturated rings. The summed E-state index contributed by atoms with van der Waals surface area (Å²) >= 11 is 0. The normalized spacial score (nSPS) is 12.5. The molecule has 0 spiro atoms. The molecule has 1 aromatic heterocycles. The minimum absolute atomic E-state index is 0.326. The number of carbonyl (C=O) groups is 2. The van der Waals surface area contributed by atoms with Gasteiger partial charge in [-0.05, 0) is 87.5 Å². The molecule has 54 heavy (non-hydrogen) atoms. The van der Waals surface area contributed by atoms with Gasteiger partial charge in [-0.15, -0.1) is 0 Å². The Balaban J connectivity index is 1.18. The minimum Gasteiger partial charge on any atom is -0.308 e. The number of hydrogen-bond donors (Lipinski definition) is 0. The van der Waals surface area contributed by atoms with Gasteiger partial charge in [0.25, 0.3) is 11.8 Å². The van der Waals surface area contributed by atoms with Gasteiger partial charge in [-0.25, -0.2) is 4.90 Å². The van der Waals surface area contributed by atoms with Crippen LogP contribution >= 0.6 is 0 Å². The SMILES string of the molecule is O=C1c2cccc(-n3c4ccccc4c4cccc(-c5cc(-c6ccccc6)cc(-c6ccccc6)c5)c43)c2C(=O)N1c1ccc(-c2ccccc2)cc1. The Hall–Kier alpha value is -7.30. The van der Waals surface area contributed by atoms with Crippen molar-refractivity contribution < 1.29 is 9.59 Å². The summed E-state index contributed by atoms with van der Waals surface area (Å²) in [5.41, 5.74) is 12.6. The van der Waals surface area contributed by atoms with E-state index in [1.165, 1.54) is 4.90 Å². The van der Waals surface area contributed by atoms with Crippen molar-refractivity contribution in [3.8, 4) is 50.2 Å². The van der Waals surface area contributed by atoms with Gasteiger partial charge in [-0.1, -0.05) is 146 Å². The van der Waals surface area contributed by atoms with Crippen LogP contribution in [0.1, 0.15) is 20.7 Å². The highest BCUT2D eigenvalue weighted by Gasteiger charge is 2.39. The number of carbonyl (C=O) groups excluding carboxylic acids is 2. The summed E-state index contributed by atoms with van der Waals surface area (Å²) in [5, 5.41) is 2.14. The first-order valence-electron chi connectivity index (χ1n) is 18.1. The van der Waals surface area contributed by atoms with Crippen LogP contribution in [-0.4, -0.2) is 16.4 Å². The van der Waals surface area contributed by atoms with Crippen LogP contribution < -0.4 is 4.90 Å². The second-order valence-electron chi connectivity index (χ2n) is 13.6. The van der Waals surface area contributed by atoms with Gasteiger partial charge >= 0.3 is 0 Å². The lowest BCUT2D eigenvalue weighted by Crippen LogP contribution is -2.29. The molecule has 0 atom stereocenters. The predicted molar refractivity (Wildman–Crippen MR) is 220 cm³/mol. The van der Waals surface area contributed by atoms with Crippen LogP contribution in [0.2, 0.25) is 0 Å². The maximum atomic E-state index is 14.6. The maximum Gasteiger partial charge on any atom is 0.268 e. The summed E-state index contributed by atoms with van der Waals surface area (Å²) in [6.45, 7) is 0. The number of para-hydroxylation sites is 2. The van der Waals surface area contributed by atoms with Crippen LogP contribution in [0.3, 0.4) is 0 Å². The first-order valence-corrected chi connectivity index (χ1v) is 18.1. The smallest absolute Gasteiger partial charge is 0.268 e. The van der Waals surface area contributed by atoms with Crippen molar-refractivity contribution in [2.24, 2.45) is 0 Å². The zero-order chi connectivity index (χ0) is 36.2. The Bertz CT molecular complexity index is 2840. The standard InChI is InChI=1S/C50H32N2O2/c53-49-44-23-13-25-46(47(44)50(54)51(49)40-28-26-36(27-29-40)33-14-4-1-5-15-33)52-45-24-11-10-20-42(45)43-22-12-21-41(48(43)52)39-31-37(34-16-6-2-7-17-34)30-38(32-39)35-18-8-3-9-19-35/h1-32H. The Morgan fingerprint density at radius 3 is 1.50 bits per heavy atom. The van der Waals surface area contributed by atoms with Crippen LogP contribution in [0, 0.1) is 0 Å². The molecule has 0 N–H and O–H groups in total. The predicted octanol–water partition coefficient (Wildman–Crippen LogP) is 12.3. The molecule has 0 saturated carbocycles. The molecule has 10 rings (SSSR count). The van der Waals surface area contributed by atoms with E-state index in [4.69, 9.17) is 0 Å². The molecule has 8 aromatic carbocycles. The fraction of sp³-hybridized carbons (Fsp3) is 0. The molecule has 0 bridgehead atoms. The third kappa shape index (κ3) is 5.07. The largest absolute Gasteiger partial charge is 0.308 e. The summed E-state index contributed by atoms with van der Waals surface area (Å²) in [4.78, 5) is 30.1. The Morgan fingerprint density at radius 1 is 0.352 bits per heavy atom. The van der Waals surface area contributed by atoms with Crippen LogP contribution in [-0.2, 0) is 0 Å². The lowest BCUT2D eigenvalue weighted by atomic mass is 9.92. The Labute approximate surface area is 312 Å². The fourth-order valence-corrected chi connectivity index (χ4v) is 8.00. The topological polar surface area (TPSA) is 42.3 Å². The number of fused-ring (bicyclic) bond motifs is 4. The van der Waals surface area contributed by atoms with E-state index in [1.807, 2.05) is 91.0 Å². The highest BCUT2D eigenvalue weighted by molar-refractivity contribution is 6.36. The van der Waals surface area contributed by atoms with Gasteiger partial charge in [0.2, 0.25) is 0 Å². The third-order valence-corrected chi connectivity index (χ3v) is 10.5. The highest BCUT2D eigenvalue weighted by Crippen LogP contribution is 2.43. The van der Waals surface area contributed by atoms with Gasteiger partial charge in [-0.2, -0.15) is 0 Å². The van der Waals surface area contributed by atoms with Crippen LogP contribution in [0.15, 0.2) is 194 Å². The quantitative estimate of drug-likeness (QED) is 0.163. The molecule has 9 aromatic rings. The van der Waals surface area contributed by atoms with E-state index in [9.17, 15) is 9.59 Å². The molecule has 4 nitrogen and oxygen atoms in total. The van der Waals surface area contributed by atoms with Gasteiger partial charge in [0.1, 0.15) is 0 Å². The molecule has 2 amide bonds. The zero-order valence-corrected chi connectivity index (χ0v) is 29.2. The van der Waals surface area contributed by atoms with E-state index < -0.39 is 0 Å². The summed E-state index contributed by atoms with van der Waals surface area (Å²) in [6.07, 6.45) is 0. The number of rotatable bonds is 6. The highest BCUT2D eigenvalue weighted by atomic mass is 16.2. The van der Waals surface area contributed by atoms with E-state index in [-0.39, 0.29) is 11.8 Å². The van der Waals surface area contributed by atoms with Gasteiger partial charge in [0.05, 0.1) is 33.5 Å². The molecule has 0 aliphatic carbocycles. The monoisotopic (exact) mass is 692 g/mol. The average molecular weight is 693 g/mol. The van der Waals surface area contributed by atoms with Gasteiger partial charge in [0.15, 0.2) is 0 Å². The molecular weight excluding hydrogens is 661 g/mol. The molecule has 4 heteroatoms. The molecule has 254 valence electrons. The van der Waals surface area contributed by atoms with Crippen molar-refractivity contribution in [3.05, 3.63) is 205 Å². The second kappa shape index (κ2) is 12.7. The number of amides is 2. The maximum absolute atomic E-state index is 14.6. The summed E-state index contributed by atoms with van der Waals surface area (Å²) in [5.74, 6) is -0.660. The lowest BCUT2D eigenvalue weighted by Gasteiger charge is -2.17. The lowest BCUT2D eigenvalue weighted by molar-refractivity contribution is 0.0926. The minimum atomic E-state index is -0.334. The van der Waals surface area contributed by atoms with Gasteiger partial charge in [-0.3, -0.25) is 9.59 Å². The zero-order valence-electron chi connectivity index (χ0n) is 29.2. The van der Waals surface area contributed by atoms with Crippen LogP contribution in [0.5, 0.6) is 0 Å². The Kier molecular flexibility index (Phi) is 7.41. The molecule has 2 heterocycles. The fourth-order valence-electron chi connectivity index (χ4n) is 8.00. The first kappa shape index (κ1) is 31.4. The molecule has 0 radical (unpaired) electrons. The van der Waals surface area contributed by atoms with Crippen molar-refractivity contribution in [1.29, 1.82) is 0 Å². The van der Waals surface area contributed by atoms with Crippen molar-refractivity contribution in [2.45, 2.75) is 0 Å². The molecular formula is C50H32N2O2. The van der Waals surface area contributed by atoms with Crippen LogP contribution in [0.4, 0.5) is 5.69 Å². The molecule has 1 aliphatic rings. The third-order valence-electron chi connectivity index (χ3n) is 10.5. The van der Waals surface area contributed by atoms with Crippen molar-refractivity contribution in [2.75, 3.05) is 4.90 Å². The van der Waals surface area contributed by atoms with E-state index in [0.717, 1.165) is 66.3 Å². The van der Waals surface area contributed by atoms with Crippen molar-refractivity contribution in [1.82, 2.24) is 4.57 Å². The number of imide groups is 1. The number of nitrogens with zero attached hydrogens (tertiary/aromatic N) is 2. The molecule has 1 aliphatic heterocycles. The molecule has 0 saturated heterocycles. The number of aromatic nitrogens is 1. The van der Waals surface area contributed by atoms with Crippen LogP contribution in [0.25, 0.3) is 72.0 Å². The number of benzene rings is 8.